The van der Waals surface area contributed by atoms with Gasteiger partial charge >= 0.3 is 0 Å². The molecule has 0 saturated heterocycles. The lowest BCUT2D eigenvalue weighted by Gasteiger charge is -2.32. The Labute approximate surface area is 157 Å². The predicted octanol–water partition coefficient (Wildman–Crippen LogP) is 5.55. The van der Waals surface area contributed by atoms with Crippen molar-refractivity contribution in [1.29, 1.82) is 5.26 Å². The molecule has 0 amide bonds. The lowest BCUT2D eigenvalue weighted by molar-refractivity contribution is 0.255. The largest absolute Gasteiger partial charge is 0.299 e. The fourth-order valence-electron chi connectivity index (χ4n) is 3.54. The minimum absolute atomic E-state index is 0.169. The molecule has 0 bridgehead atoms. The van der Waals surface area contributed by atoms with Gasteiger partial charge in [-0.25, -0.2) is 4.39 Å². The van der Waals surface area contributed by atoms with Gasteiger partial charge in [-0.05, 0) is 55.1 Å². The van der Waals surface area contributed by atoms with Gasteiger partial charge in [0.05, 0.1) is 11.5 Å². The van der Waals surface area contributed by atoms with Gasteiger partial charge in [-0.1, -0.05) is 63.2 Å². The molecule has 0 aliphatic heterocycles. The highest BCUT2D eigenvalue weighted by molar-refractivity contribution is 5.33. The fourth-order valence-corrected chi connectivity index (χ4v) is 3.54. The van der Waals surface area contributed by atoms with Crippen molar-refractivity contribution in [2.75, 3.05) is 13.1 Å². The number of rotatable bonds is 9. The molecule has 2 aromatic rings. The first-order valence-electron chi connectivity index (χ1n) is 9.45. The van der Waals surface area contributed by atoms with E-state index in [1.807, 2.05) is 6.07 Å². The molecule has 1 unspecified atom stereocenters. The minimum atomic E-state index is -0.570. The topological polar surface area (TPSA) is 27.0 Å². The smallest absolute Gasteiger partial charge is 0.123 e. The molecule has 1 atom stereocenters. The Bertz CT molecular complexity index is 703. The van der Waals surface area contributed by atoms with Crippen molar-refractivity contribution in [3.63, 3.8) is 0 Å². The number of benzene rings is 2. The van der Waals surface area contributed by atoms with E-state index in [0.29, 0.717) is 0 Å². The number of nitrogens with zero attached hydrogens (tertiary/aromatic N) is 2. The second-order valence-electron chi connectivity index (χ2n) is 7.20. The summed E-state index contributed by atoms with van der Waals surface area (Å²) in [6, 6.07) is 19.5. The highest BCUT2D eigenvalue weighted by Gasteiger charge is 2.35. The summed E-state index contributed by atoms with van der Waals surface area (Å²) in [7, 11) is 0. The molecule has 26 heavy (non-hydrogen) atoms. The van der Waals surface area contributed by atoms with Gasteiger partial charge in [0.25, 0.3) is 0 Å². The van der Waals surface area contributed by atoms with E-state index >= 15 is 0 Å². The summed E-state index contributed by atoms with van der Waals surface area (Å²) in [5.74, 6) is -0.0912. The first kappa shape index (κ1) is 20.1. The first-order chi connectivity index (χ1) is 12.5. The van der Waals surface area contributed by atoms with E-state index in [1.54, 1.807) is 12.1 Å². The van der Waals surface area contributed by atoms with E-state index < -0.39 is 5.41 Å². The van der Waals surface area contributed by atoms with Gasteiger partial charge in [-0.15, -0.1) is 0 Å². The zero-order valence-corrected chi connectivity index (χ0v) is 16.1. The van der Waals surface area contributed by atoms with Crippen LogP contribution >= 0.6 is 0 Å². The SMILES string of the molecule is CCN(CCCC(C#N)(c1ccc(F)cc1)C(C)C)Cc1ccccc1. The maximum absolute atomic E-state index is 13.3. The van der Waals surface area contributed by atoms with Crippen LogP contribution < -0.4 is 0 Å². The summed E-state index contributed by atoms with van der Waals surface area (Å²) < 4.78 is 13.3. The van der Waals surface area contributed by atoms with Crippen LogP contribution in [-0.4, -0.2) is 18.0 Å². The van der Waals surface area contributed by atoms with Crippen molar-refractivity contribution in [2.45, 2.75) is 45.6 Å². The molecule has 0 radical (unpaired) electrons. The molecular formula is C23H29FN2. The Morgan fingerprint density at radius 2 is 1.73 bits per heavy atom. The highest BCUT2D eigenvalue weighted by atomic mass is 19.1. The van der Waals surface area contributed by atoms with Crippen LogP contribution in [-0.2, 0) is 12.0 Å². The normalized spacial score (nSPS) is 13.6. The van der Waals surface area contributed by atoms with E-state index in [-0.39, 0.29) is 11.7 Å². The Morgan fingerprint density at radius 3 is 2.27 bits per heavy atom. The van der Waals surface area contributed by atoms with E-state index in [0.717, 1.165) is 38.0 Å². The molecule has 0 aliphatic carbocycles. The maximum Gasteiger partial charge on any atom is 0.123 e. The lowest BCUT2D eigenvalue weighted by atomic mass is 9.70. The molecule has 0 fully saturated rings. The first-order valence-corrected chi connectivity index (χ1v) is 9.45. The average Bonchev–Trinajstić information content (AvgIpc) is 2.66. The summed E-state index contributed by atoms with van der Waals surface area (Å²) in [5, 5.41) is 9.97. The van der Waals surface area contributed by atoms with Crippen molar-refractivity contribution in [2.24, 2.45) is 5.92 Å². The van der Waals surface area contributed by atoms with Crippen LogP contribution in [0.3, 0.4) is 0 Å². The minimum Gasteiger partial charge on any atom is -0.299 e. The average molecular weight is 352 g/mol. The molecule has 0 aromatic heterocycles. The summed E-state index contributed by atoms with van der Waals surface area (Å²) >= 11 is 0. The van der Waals surface area contributed by atoms with Crippen LogP contribution in [0.5, 0.6) is 0 Å². The number of hydrogen-bond donors (Lipinski definition) is 0. The van der Waals surface area contributed by atoms with Crippen molar-refractivity contribution in [3.8, 4) is 6.07 Å². The van der Waals surface area contributed by atoms with Crippen LogP contribution in [0, 0.1) is 23.1 Å². The van der Waals surface area contributed by atoms with Crippen LogP contribution in [0.25, 0.3) is 0 Å². The van der Waals surface area contributed by atoms with Crippen LogP contribution in [0.15, 0.2) is 54.6 Å². The molecule has 2 aromatic carbocycles. The quantitative estimate of drug-likeness (QED) is 0.592. The lowest BCUT2D eigenvalue weighted by Crippen LogP contribution is -2.33. The Hall–Kier alpha value is -2.18. The zero-order valence-electron chi connectivity index (χ0n) is 16.1. The van der Waals surface area contributed by atoms with Gasteiger partial charge in [0.15, 0.2) is 0 Å². The predicted molar refractivity (Wildman–Crippen MR) is 105 cm³/mol. The van der Waals surface area contributed by atoms with Gasteiger partial charge in [0, 0.05) is 6.54 Å². The van der Waals surface area contributed by atoms with Crippen molar-refractivity contribution in [3.05, 3.63) is 71.5 Å². The van der Waals surface area contributed by atoms with Crippen LogP contribution in [0.1, 0.15) is 44.7 Å². The van der Waals surface area contributed by atoms with Crippen molar-refractivity contribution in [1.82, 2.24) is 4.90 Å². The molecule has 0 aliphatic rings. The molecule has 3 heteroatoms. The van der Waals surface area contributed by atoms with Gasteiger partial charge < -0.3 is 0 Å². The van der Waals surface area contributed by atoms with E-state index in [9.17, 15) is 9.65 Å². The Balaban J connectivity index is 2.05. The van der Waals surface area contributed by atoms with Crippen LogP contribution in [0.2, 0.25) is 0 Å². The molecule has 0 heterocycles. The van der Waals surface area contributed by atoms with Crippen LogP contribution in [0.4, 0.5) is 4.39 Å². The van der Waals surface area contributed by atoms with Gasteiger partial charge in [-0.2, -0.15) is 5.26 Å². The Morgan fingerprint density at radius 1 is 1.08 bits per heavy atom. The van der Waals surface area contributed by atoms with E-state index in [1.165, 1.54) is 17.7 Å². The number of hydrogen-bond acceptors (Lipinski definition) is 2. The molecule has 0 spiro atoms. The third kappa shape index (κ3) is 4.93. The molecule has 2 rings (SSSR count). The third-order valence-corrected chi connectivity index (χ3v) is 5.29. The molecule has 138 valence electrons. The molecular weight excluding hydrogens is 323 g/mol. The monoisotopic (exact) mass is 352 g/mol. The summed E-state index contributed by atoms with van der Waals surface area (Å²) in [6.45, 7) is 9.18. The summed E-state index contributed by atoms with van der Waals surface area (Å²) in [6.07, 6.45) is 1.71. The molecule has 0 N–H and O–H groups in total. The zero-order chi connectivity index (χ0) is 19.0. The maximum atomic E-state index is 13.3. The second kappa shape index (κ2) is 9.50. The molecule has 2 nitrogen and oxygen atoms in total. The van der Waals surface area contributed by atoms with Gasteiger partial charge in [-0.3, -0.25) is 4.90 Å². The van der Waals surface area contributed by atoms with E-state index in [4.69, 9.17) is 0 Å². The summed E-state index contributed by atoms with van der Waals surface area (Å²) in [5.41, 5.74) is 1.66. The second-order valence-corrected chi connectivity index (χ2v) is 7.20. The summed E-state index contributed by atoms with van der Waals surface area (Å²) in [4.78, 5) is 2.41. The molecule has 0 saturated carbocycles. The van der Waals surface area contributed by atoms with Gasteiger partial charge in [0.2, 0.25) is 0 Å². The van der Waals surface area contributed by atoms with Crippen molar-refractivity contribution < 1.29 is 4.39 Å². The number of nitriles is 1. The number of halogens is 1. The van der Waals surface area contributed by atoms with Crippen molar-refractivity contribution >= 4 is 0 Å². The standard InChI is InChI=1S/C23H29FN2/c1-4-26(17-20-9-6-5-7-10-20)16-8-15-23(18-25,19(2)3)21-11-13-22(24)14-12-21/h5-7,9-14,19H,4,8,15-17H2,1-3H3. The highest BCUT2D eigenvalue weighted by Crippen LogP contribution is 2.36. The fraction of sp³-hybridized carbons (Fsp3) is 0.435. The van der Waals surface area contributed by atoms with E-state index in [2.05, 4.69) is 56.0 Å². The Kier molecular flexibility index (Phi) is 7.36. The third-order valence-electron chi connectivity index (χ3n) is 5.29. The van der Waals surface area contributed by atoms with Gasteiger partial charge in [0.1, 0.15) is 5.82 Å².